The van der Waals surface area contributed by atoms with Crippen LogP contribution in [0, 0.1) is 0 Å². The summed E-state index contributed by atoms with van der Waals surface area (Å²) in [7, 11) is -2.11. The summed E-state index contributed by atoms with van der Waals surface area (Å²) < 4.78 is 36.5. The zero-order chi connectivity index (χ0) is 19.2. The van der Waals surface area contributed by atoms with Crippen molar-refractivity contribution in [1.82, 2.24) is 9.62 Å². The van der Waals surface area contributed by atoms with Crippen LogP contribution in [0.3, 0.4) is 0 Å². The van der Waals surface area contributed by atoms with Crippen molar-refractivity contribution in [1.29, 1.82) is 0 Å². The number of hydrogen-bond acceptors (Lipinski definition) is 6. The van der Waals surface area contributed by atoms with Crippen molar-refractivity contribution >= 4 is 21.9 Å². The number of rotatable bonds is 8. The Kier molecular flexibility index (Phi) is 7.13. The van der Waals surface area contributed by atoms with Crippen LogP contribution in [0.15, 0.2) is 29.2 Å². The molecule has 0 aliphatic carbocycles. The summed E-state index contributed by atoms with van der Waals surface area (Å²) in [4.78, 5) is 24.1. The normalized spacial score (nSPS) is 16.2. The van der Waals surface area contributed by atoms with E-state index in [1.54, 1.807) is 0 Å². The number of esters is 1. The summed E-state index contributed by atoms with van der Waals surface area (Å²) in [6.45, 7) is 3.07. The van der Waals surface area contributed by atoms with Gasteiger partial charge >= 0.3 is 5.97 Å². The van der Waals surface area contributed by atoms with Gasteiger partial charge in [0.25, 0.3) is 5.91 Å². The molecular weight excluding hydrogens is 360 g/mol. The van der Waals surface area contributed by atoms with Gasteiger partial charge in [0.2, 0.25) is 10.0 Å². The molecule has 1 aromatic rings. The zero-order valence-electron chi connectivity index (χ0n) is 14.9. The quantitative estimate of drug-likeness (QED) is 0.525. The maximum Gasteiger partial charge on any atom is 0.338 e. The number of carbonyl (C=O) groups is 2. The minimum atomic E-state index is -3.62. The van der Waals surface area contributed by atoms with Crippen molar-refractivity contribution in [3.63, 3.8) is 0 Å². The zero-order valence-corrected chi connectivity index (χ0v) is 15.8. The molecule has 8 nitrogen and oxygen atoms in total. The lowest BCUT2D eigenvalue weighted by Gasteiger charge is -2.16. The highest BCUT2D eigenvalue weighted by atomic mass is 32.2. The highest BCUT2D eigenvalue weighted by molar-refractivity contribution is 7.89. The molecule has 0 saturated carbocycles. The van der Waals surface area contributed by atoms with E-state index in [0.29, 0.717) is 26.2 Å². The third-order valence-corrected chi connectivity index (χ3v) is 5.93. The molecule has 2 rings (SSSR count). The molecule has 1 fully saturated rings. The predicted octanol–water partition coefficient (Wildman–Crippen LogP) is 0.779. The van der Waals surface area contributed by atoms with E-state index in [2.05, 4.69) is 5.32 Å². The standard InChI is InChI=1S/C17H24N2O6S/c1-13(16(20)18-8-11-24-2)25-17(21)14-6-5-7-15(12-14)26(22,23)19-9-3-4-10-19/h5-7,12-13H,3-4,8-11H2,1-2H3,(H,18,20)/t13-/m1/s1. The molecule has 1 saturated heterocycles. The van der Waals surface area contributed by atoms with E-state index in [9.17, 15) is 18.0 Å². The van der Waals surface area contributed by atoms with Crippen molar-refractivity contribution in [3.8, 4) is 0 Å². The van der Waals surface area contributed by atoms with E-state index in [4.69, 9.17) is 9.47 Å². The van der Waals surface area contributed by atoms with E-state index in [-0.39, 0.29) is 10.5 Å². The number of methoxy groups -OCH3 is 1. The van der Waals surface area contributed by atoms with E-state index in [1.165, 1.54) is 42.6 Å². The van der Waals surface area contributed by atoms with Crippen molar-refractivity contribution < 1.29 is 27.5 Å². The number of carbonyl (C=O) groups excluding carboxylic acids is 2. The average Bonchev–Trinajstić information content (AvgIpc) is 3.17. The molecule has 26 heavy (non-hydrogen) atoms. The fourth-order valence-corrected chi connectivity index (χ4v) is 4.13. The molecule has 0 bridgehead atoms. The highest BCUT2D eigenvalue weighted by Crippen LogP contribution is 2.22. The minimum absolute atomic E-state index is 0.0473. The number of amides is 1. The summed E-state index contributed by atoms with van der Waals surface area (Å²) in [5, 5.41) is 2.57. The Hall–Kier alpha value is -1.97. The number of hydrogen-bond donors (Lipinski definition) is 1. The van der Waals surface area contributed by atoms with Gasteiger partial charge in [0.05, 0.1) is 17.1 Å². The fraction of sp³-hybridized carbons (Fsp3) is 0.529. The molecule has 0 radical (unpaired) electrons. The van der Waals surface area contributed by atoms with Crippen LogP contribution in [0.4, 0.5) is 0 Å². The second-order valence-corrected chi connectivity index (χ2v) is 7.91. The fourth-order valence-electron chi connectivity index (χ4n) is 2.56. The van der Waals surface area contributed by atoms with Crippen molar-refractivity contribution in [2.75, 3.05) is 33.4 Å². The van der Waals surface area contributed by atoms with Gasteiger partial charge in [-0.05, 0) is 38.0 Å². The van der Waals surface area contributed by atoms with E-state index >= 15 is 0 Å². The molecule has 1 N–H and O–H groups in total. The van der Waals surface area contributed by atoms with Crippen LogP contribution in [-0.2, 0) is 24.3 Å². The van der Waals surface area contributed by atoms with Crippen LogP contribution in [0.2, 0.25) is 0 Å². The lowest BCUT2D eigenvalue weighted by Crippen LogP contribution is -2.37. The topological polar surface area (TPSA) is 102 Å². The van der Waals surface area contributed by atoms with Crippen LogP contribution in [-0.4, -0.2) is 64.1 Å². The Labute approximate surface area is 153 Å². The molecule has 1 aromatic carbocycles. The SMILES string of the molecule is COCCNC(=O)[C@@H](C)OC(=O)c1cccc(S(=O)(=O)N2CCCC2)c1. The molecule has 1 amide bonds. The molecule has 1 aliphatic heterocycles. The van der Waals surface area contributed by atoms with Crippen molar-refractivity contribution in [2.24, 2.45) is 0 Å². The predicted molar refractivity (Wildman–Crippen MR) is 94.2 cm³/mol. The van der Waals surface area contributed by atoms with E-state index in [1.807, 2.05) is 0 Å². The first kappa shape index (κ1) is 20.3. The Morgan fingerprint density at radius 3 is 2.62 bits per heavy atom. The Morgan fingerprint density at radius 1 is 1.27 bits per heavy atom. The van der Waals surface area contributed by atoms with Crippen LogP contribution in [0.1, 0.15) is 30.1 Å². The first-order chi connectivity index (χ1) is 12.4. The third kappa shape index (κ3) is 5.03. The molecule has 0 aromatic heterocycles. The van der Waals surface area contributed by atoms with Crippen LogP contribution in [0.25, 0.3) is 0 Å². The average molecular weight is 384 g/mol. The summed E-state index contributed by atoms with van der Waals surface area (Å²) in [6, 6.07) is 5.68. The number of ether oxygens (including phenoxy) is 2. The summed E-state index contributed by atoms with van der Waals surface area (Å²) in [5.74, 6) is -1.20. The summed E-state index contributed by atoms with van der Waals surface area (Å²) in [6.07, 6.45) is 0.658. The largest absolute Gasteiger partial charge is 0.449 e. The monoisotopic (exact) mass is 384 g/mol. The van der Waals surface area contributed by atoms with Gasteiger partial charge in [-0.15, -0.1) is 0 Å². The molecule has 144 valence electrons. The number of nitrogens with zero attached hydrogens (tertiary/aromatic N) is 1. The Bertz CT molecular complexity index is 743. The molecule has 1 aliphatic rings. The second-order valence-electron chi connectivity index (χ2n) is 5.97. The number of nitrogens with one attached hydrogen (secondary N) is 1. The summed E-state index contributed by atoms with van der Waals surface area (Å²) >= 11 is 0. The molecule has 1 heterocycles. The lowest BCUT2D eigenvalue weighted by molar-refractivity contribution is -0.129. The number of benzene rings is 1. The molecule has 1 atom stereocenters. The van der Waals surface area contributed by atoms with Gasteiger partial charge in [0.15, 0.2) is 6.10 Å². The van der Waals surface area contributed by atoms with Gasteiger partial charge in [-0.2, -0.15) is 4.31 Å². The number of sulfonamides is 1. The van der Waals surface area contributed by atoms with Crippen molar-refractivity contribution in [3.05, 3.63) is 29.8 Å². The lowest BCUT2D eigenvalue weighted by atomic mass is 10.2. The van der Waals surface area contributed by atoms with Gasteiger partial charge in [-0.25, -0.2) is 13.2 Å². The Balaban J connectivity index is 2.04. The highest BCUT2D eigenvalue weighted by Gasteiger charge is 2.28. The van der Waals surface area contributed by atoms with Gasteiger partial charge in [0, 0.05) is 26.7 Å². The maximum absolute atomic E-state index is 12.6. The molecule has 0 unspecified atom stereocenters. The van der Waals surface area contributed by atoms with Crippen molar-refractivity contribution in [2.45, 2.75) is 30.8 Å². The first-order valence-electron chi connectivity index (χ1n) is 8.44. The van der Waals surface area contributed by atoms with Gasteiger partial charge in [-0.3, -0.25) is 4.79 Å². The minimum Gasteiger partial charge on any atom is -0.449 e. The van der Waals surface area contributed by atoms with E-state index in [0.717, 1.165) is 12.8 Å². The van der Waals surface area contributed by atoms with Crippen LogP contribution in [0.5, 0.6) is 0 Å². The van der Waals surface area contributed by atoms with Gasteiger partial charge in [0.1, 0.15) is 0 Å². The second kappa shape index (κ2) is 9.11. The maximum atomic E-state index is 12.6. The van der Waals surface area contributed by atoms with Gasteiger partial charge in [-0.1, -0.05) is 6.07 Å². The van der Waals surface area contributed by atoms with Crippen LogP contribution >= 0.6 is 0 Å². The molecular formula is C17H24N2O6S. The molecule has 9 heteroatoms. The first-order valence-corrected chi connectivity index (χ1v) is 9.88. The van der Waals surface area contributed by atoms with Crippen LogP contribution < -0.4 is 5.32 Å². The Morgan fingerprint density at radius 2 is 1.96 bits per heavy atom. The summed E-state index contributed by atoms with van der Waals surface area (Å²) in [5.41, 5.74) is 0.0850. The smallest absolute Gasteiger partial charge is 0.338 e. The van der Waals surface area contributed by atoms with E-state index < -0.39 is 28.0 Å². The van der Waals surface area contributed by atoms with Gasteiger partial charge < -0.3 is 14.8 Å². The third-order valence-electron chi connectivity index (χ3n) is 4.03. The molecule has 0 spiro atoms.